The van der Waals surface area contributed by atoms with Crippen molar-refractivity contribution in [3.8, 4) is 0 Å². The van der Waals surface area contributed by atoms with Crippen molar-refractivity contribution < 1.29 is 5.11 Å². The van der Waals surface area contributed by atoms with E-state index in [1.54, 1.807) is 12.7 Å². The maximum atomic E-state index is 10.2. The van der Waals surface area contributed by atoms with Crippen LogP contribution in [-0.4, -0.2) is 38.6 Å². The Labute approximate surface area is 131 Å². The summed E-state index contributed by atoms with van der Waals surface area (Å²) in [7, 11) is 0. The number of rotatable bonds is 9. The molecule has 1 heterocycles. The molecule has 118 valence electrons. The molecule has 0 amide bonds. The van der Waals surface area contributed by atoms with E-state index in [1.165, 1.54) is 18.4 Å². The predicted molar refractivity (Wildman–Crippen MR) is 85.3 cm³/mol. The molecule has 5 nitrogen and oxygen atoms in total. The van der Waals surface area contributed by atoms with Crippen molar-refractivity contribution >= 4 is 0 Å². The van der Waals surface area contributed by atoms with Gasteiger partial charge in [-0.3, -0.25) is 4.68 Å². The first-order valence-corrected chi connectivity index (χ1v) is 8.09. The van der Waals surface area contributed by atoms with Crippen LogP contribution in [-0.2, 0) is 13.0 Å². The molecule has 0 radical (unpaired) electrons. The van der Waals surface area contributed by atoms with Gasteiger partial charge in [-0.15, -0.1) is 0 Å². The fraction of sp³-hybridized carbons (Fsp3) is 0.529. The van der Waals surface area contributed by atoms with Crippen molar-refractivity contribution in [2.75, 3.05) is 6.54 Å². The van der Waals surface area contributed by atoms with E-state index in [4.69, 9.17) is 0 Å². The van der Waals surface area contributed by atoms with Gasteiger partial charge in [-0.1, -0.05) is 30.3 Å². The molecule has 22 heavy (non-hydrogen) atoms. The Hall–Kier alpha value is -1.72. The topological polar surface area (TPSA) is 63.0 Å². The highest BCUT2D eigenvalue weighted by atomic mass is 16.3. The molecule has 1 aliphatic rings. The summed E-state index contributed by atoms with van der Waals surface area (Å²) in [5.41, 5.74) is 1.28. The Morgan fingerprint density at radius 3 is 2.77 bits per heavy atom. The third-order valence-corrected chi connectivity index (χ3v) is 4.27. The summed E-state index contributed by atoms with van der Waals surface area (Å²) in [4.78, 5) is 3.99. The third kappa shape index (κ3) is 4.64. The van der Waals surface area contributed by atoms with Crippen LogP contribution in [0.3, 0.4) is 0 Å². The predicted octanol–water partition coefficient (Wildman–Crippen LogP) is 1.64. The zero-order chi connectivity index (χ0) is 15.2. The van der Waals surface area contributed by atoms with Gasteiger partial charge in [-0.05, 0) is 37.2 Å². The van der Waals surface area contributed by atoms with Gasteiger partial charge in [-0.25, -0.2) is 4.98 Å². The average molecular weight is 300 g/mol. The minimum atomic E-state index is -0.308. The summed E-state index contributed by atoms with van der Waals surface area (Å²) in [6, 6.07) is 10.7. The number of nitrogens with zero attached hydrogens (tertiary/aromatic N) is 3. The molecule has 1 aromatic carbocycles. The quantitative estimate of drug-likeness (QED) is 0.739. The van der Waals surface area contributed by atoms with E-state index >= 15 is 0 Å². The second-order valence-electron chi connectivity index (χ2n) is 6.15. The monoisotopic (exact) mass is 300 g/mol. The highest BCUT2D eigenvalue weighted by Gasteiger charge is 2.31. The third-order valence-electron chi connectivity index (χ3n) is 4.27. The van der Waals surface area contributed by atoms with E-state index in [9.17, 15) is 5.11 Å². The van der Waals surface area contributed by atoms with Crippen LogP contribution in [0.15, 0.2) is 43.0 Å². The van der Waals surface area contributed by atoms with Crippen LogP contribution < -0.4 is 5.32 Å². The van der Waals surface area contributed by atoms with Gasteiger partial charge in [0.15, 0.2) is 0 Å². The van der Waals surface area contributed by atoms with Gasteiger partial charge < -0.3 is 10.4 Å². The Kier molecular flexibility index (Phi) is 5.19. The number of benzene rings is 1. The van der Waals surface area contributed by atoms with Crippen molar-refractivity contribution in [1.82, 2.24) is 20.1 Å². The van der Waals surface area contributed by atoms with E-state index in [0.717, 1.165) is 19.4 Å². The van der Waals surface area contributed by atoms with Gasteiger partial charge in [-0.2, -0.15) is 5.10 Å². The highest BCUT2D eigenvalue weighted by molar-refractivity contribution is 5.14. The summed E-state index contributed by atoms with van der Waals surface area (Å²) in [5.74, 6) is 0.713. The lowest BCUT2D eigenvalue weighted by atomic mass is 10.1. The number of aliphatic hydroxyl groups is 1. The smallest absolute Gasteiger partial charge is 0.137 e. The molecule has 2 unspecified atom stereocenters. The van der Waals surface area contributed by atoms with Gasteiger partial charge in [0, 0.05) is 12.6 Å². The van der Waals surface area contributed by atoms with Crippen LogP contribution in [0.2, 0.25) is 0 Å². The lowest BCUT2D eigenvalue weighted by molar-refractivity contribution is 0.154. The van der Waals surface area contributed by atoms with Gasteiger partial charge in [0.1, 0.15) is 12.7 Å². The molecule has 2 atom stereocenters. The first-order chi connectivity index (χ1) is 10.8. The lowest BCUT2D eigenvalue weighted by Gasteiger charge is -2.20. The van der Waals surface area contributed by atoms with Crippen molar-refractivity contribution in [2.45, 2.75) is 44.4 Å². The Morgan fingerprint density at radius 2 is 2.09 bits per heavy atom. The molecular weight excluding hydrogens is 276 g/mol. The van der Waals surface area contributed by atoms with Gasteiger partial charge in [0.05, 0.1) is 12.6 Å². The number of aliphatic hydroxyl groups excluding tert-OH is 1. The summed E-state index contributed by atoms with van der Waals surface area (Å²) in [5, 5.41) is 17.9. The van der Waals surface area contributed by atoms with Gasteiger partial charge in [0.2, 0.25) is 0 Å². The van der Waals surface area contributed by atoms with Crippen LogP contribution >= 0.6 is 0 Å². The Morgan fingerprint density at radius 1 is 1.27 bits per heavy atom. The number of aromatic nitrogens is 3. The van der Waals surface area contributed by atoms with E-state index in [0.29, 0.717) is 18.5 Å². The van der Waals surface area contributed by atoms with Crippen LogP contribution in [0.1, 0.15) is 24.8 Å². The molecule has 1 fully saturated rings. The second-order valence-corrected chi connectivity index (χ2v) is 6.15. The van der Waals surface area contributed by atoms with Crippen LogP contribution in [0, 0.1) is 5.92 Å². The first-order valence-electron chi connectivity index (χ1n) is 8.09. The maximum absolute atomic E-state index is 10.2. The fourth-order valence-corrected chi connectivity index (χ4v) is 2.77. The van der Waals surface area contributed by atoms with Gasteiger partial charge in [0.25, 0.3) is 0 Å². The maximum Gasteiger partial charge on any atom is 0.137 e. The highest BCUT2D eigenvalue weighted by Crippen LogP contribution is 2.33. The summed E-state index contributed by atoms with van der Waals surface area (Å²) in [6.07, 6.45) is 7.26. The number of nitrogens with one attached hydrogen (secondary N) is 1. The number of aryl methyl sites for hydroxylation is 1. The van der Waals surface area contributed by atoms with Crippen LogP contribution in [0.25, 0.3) is 0 Å². The average Bonchev–Trinajstić information content (AvgIpc) is 3.27. The molecule has 2 aromatic rings. The van der Waals surface area contributed by atoms with E-state index < -0.39 is 0 Å². The first kappa shape index (κ1) is 15.2. The van der Waals surface area contributed by atoms with Crippen molar-refractivity contribution in [3.63, 3.8) is 0 Å². The Balaban J connectivity index is 1.41. The standard InChI is InChI=1S/C17H24N4O/c22-16(9-6-14-4-2-1-3-5-14)10-19-17(15-7-8-15)11-21-13-18-12-20-21/h1-5,12-13,15-17,19,22H,6-11H2. The van der Waals surface area contributed by atoms with Gasteiger partial charge >= 0.3 is 0 Å². The lowest BCUT2D eigenvalue weighted by Crippen LogP contribution is -2.40. The molecule has 0 aliphatic heterocycles. The molecule has 1 aliphatic carbocycles. The summed E-state index contributed by atoms with van der Waals surface area (Å²) in [6.45, 7) is 1.47. The molecule has 1 saturated carbocycles. The molecular formula is C17H24N4O. The SMILES string of the molecule is OC(CCc1ccccc1)CNC(Cn1cncn1)C1CC1. The largest absolute Gasteiger partial charge is 0.392 e. The fourth-order valence-electron chi connectivity index (χ4n) is 2.77. The van der Waals surface area contributed by atoms with E-state index in [-0.39, 0.29) is 6.10 Å². The zero-order valence-corrected chi connectivity index (χ0v) is 12.8. The van der Waals surface area contributed by atoms with Crippen LogP contribution in [0.4, 0.5) is 0 Å². The second kappa shape index (κ2) is 7.51. The normalized spacial score (nSPS) is 17.3. The van der Waals surface area contributed by atoms with E-state index in [2.05, 4.69) is 27.5 Å². The number of hydrogen-bond donors (Lipinski definition) is 2. The molecule has 0 spiro atoms. The molecule has 0 bridgehead atoms. The van der Waals surface area contributed by atoms with Crippen molar-refractivity contribution in [1.29, 1.82) is 0 Å². The molecule has 2 N–H and O–H groups in total. The van der Waals surface area contributed by atoms with Crippen molar-refractivity contribution in [2.24, 2.45) is 5.92 Å². The Bertz CT molecular complexity index is 539. The minimum absolute atomic E-state index is 0.308. The summed E-state index contributed by atoms with van der Waals surface area (Å²) < 4.78 is 1.87. The molecule has 1 aromatic heterocycles. The molecule has 3 rings (SSSR count). The summed E-state index contributed by atoms with van der Waals surface area (Å²) >= 11 is 0. The zero-order valence-electron chi connectivity index (χ0n) is 12.8. The van der Waals surface area contributed by atoms with E-state index in [1.807, 2.05) is 22.9 Å². The minimum Gasteiger partial charge on any atom is -0.392 e. The molecule has 5 heteroatoms. The van der Waals surface area contributed by atoms with Crippen molar-refractivity contribution in [3.05, 3.63) is 48.5 Å². The molecule has 0 saturated heterocycles. The van der Waals surface area contributed by atoms with Crippen LogP contribution in [0.5, 0.6) is 0 Å². The number of hydrogen-bond acceptors (Lipinski definition) is 4.